The standard InChI is InChI=1S/C28H31N7O4/c1-3-23(36)31-21-10-7-11-22(17(21)2)32-28-33-26(24(25(29)37)34-35-28)30-20-14-12-19(13-15-20)27(38)39-16-18-8-5-4-6-9-18/h3-6,8-9,12-15,17,21-22H,1,7,10-11,16H2,2H3,(H2,29,37)(H,31,36)(H2,30,32,33,35)/t17-,21?,22+/m0/s1. The second-order valence-corrected chi connectivity index (χ2v) is 9.32. The molecule has 1 aromatic heterocycles. The van der Waals surface area contributed by atoms with Crippen LogP contribution in [0.2, 0.25) is 0 Å². The molecule has 1 aliphatic rings. The number of nitrogens with one attached hydrogen (secondary N) is 3. The van der Waals surface area contributed by atoms with Gasteiger partial charge in [-0.3, -0.25) is 9.59 Å². The van der Waals surface area contributed by atoms with Crippen molar-refractivity contribution in [2.45, 2.75) is 44.9 Å². The fourth-order valence-electron chi connectivity index (χ4n) is 4.45. The van der Waals surface area contributed by atoms with E-state index in [2.05, 4.69) is 37.7 Å². The Morgan fingerprint density at radius 2 is 1.77 bits per heavy atom. The number of ether oxygens (including phenoxy) is 1. The van der Waals surface area contributed by atoms with Crippen molar-refractivity contribution in [3.63, 3.8) is 0 Å². The number of hydrogen-bond acceptors (Lipinski definition) is 9. The van der Waals surface area contributed by atoms with Crippen molar-refractivity contribution in [2.75, 3.05) is 10.6 Å². The number of hydrogen-bond donors (Lipinski definition) is 4. The summed E-state index contributed by atoms with van der Waals surface area (Å²) in [4.78, 5) is 40.6. The van der Waals surface area contributed by atoms with Crippen molar-refractivity contribution in [1.29, 1.82) is 0 Å². The van der Waals surface area contributed by atoms with Crippen molar-refractivity contribution in [3.05, 3.63) is 84.1 Å². The van der Waals surface area contributed by atoms with Crippen LogP contribution in [0, 0.1) is 5.92 Å². The zero-order valence-corrected chi connectivity index (χ0v) is 21.6. The number of carbonyl (C=O) groups is 3. The minimum absolute atomic E-state index is 0.0184. The van der Waals surface area contributed by atoms with Gasteiger partial charge in [-0.25, -0.2) is 4.79 Å². The highest BCUT2D eigenvalue weighted by molar-refractivity contribution is 5.96. The Balaban J connectivity index is 1.43. The number of aromatic nitrogens is 3. The summed E-state index contributed by atoms with van der Waals surface area (Å²) in [6.07, 6.45) is 3.88. The number of nitrogens with zero attached hydrogens (tertiary/aromatic N) is 3. The van der Waals surface area contributed by atoms with Gasteiger partial charge in [-0.2, -0.15) is 4.98 Å². The van der Waals surface area contributed by atoms with Crippen LogP contribution in [0.25, 0.3) is 0 Å². The van der Waals surface area contributed by atoms with Crippen molar-refractivity contribution >= 4 is 35.2 Å². The summed E-state index contributed by atoms with van der Waals surface area (Å²) in [6, 6.07) is 15.9. The summed E-state index contributed by atoms with van der Waals surface area (Å²) in [5.74, 6) is -1.02. The molecule has 11 heteroatoms. The maximum absolute atomic E-state index is 12.4. The lowest BCUT2D eigenvalue weighted by Gasteiger charge is -2.36. The van der Waals surface area contributed by atoms with Gasteiger partial charge in [0.05, 0.1) is 5.56 Å². The highest BCUT2D eigenvalue weighted by atomic mass is 16.5. The molecule has 0 aliphatic heterocycles. The summed E-state index contributed by atoms with van der Waals surface area (Å²) in [5.41, 5.74) is 7.19. The van der Waals surface area contributed by atoms with Crippen molar-refractivity contribution in [1.82, 2.24) is 20.5 Å². The first kappa shape index (κ1) is 27.2. The fourth-order valence-corrected chi connectivity index (χ4v) is 4.45. The Bertz CT molecular complexity index is 1330. The average Bonchev–Trinajstić information content (AvgIpc) is 2.94. The van der Waals surface area contributed by atoms with Crippen LogP contribution in [0.5, 0.6) is 0 Å². The van der Waals surface area contributed by atoms with Gasteiger partial charge in [0.2, 0.25) is 11.9 Å². The molecule has 1 heterocycles. The predicted molar refractivity (Wildman–Crippen MR) is 146 cm³/mol. The van der Waals surface area contributed by atoms with E-state index in [0.29, 0.717) is 11.3 Å². The van der Waals surface area contributed by atoms with Gasteiger partial charge >= 0.3 is 5.97 Å². The number of esters is 1. The van der Waals surface area contributed by atoms with E-state index >= 15 is 0 Å². The van der Waals surface area contributed by atoms with Crippen LogP contribution in [0.4, 0.5) is 17.5 Å². The lowest BCUT2D eigenvalue weighted by atomic mass is 9.81. The Morgan fingerprint density at radius 3 is 2.46 bits per heavy atom. The molecule has 0 spiro atoms. The molecule has 202 valence electrons. The first-order valence-corrected chi connectivity index (χ1v) is 12.7. The highest BCUT2D eigenvalue weighted by Crippen LogP contribution is 2.27. The normalized spacial score (nSPS) is 18.4. The summed E-state index contributed by atoms with van der Waals surface area (Å²) < 4.78 is 5.37. The van der Waals surface area contributed by atoms with Crippen LogP contribution < -0.4 is 21.7 Å². The number of amides is 2. The Kier molecular flexibility index (Phi) is 8.82. The third-order valence-electron chi connectivity index (χ3n) is 6.64. The quantitative estimate of drug-likeness (QED) is 0.228. The van der Waals surface area contributed by atoms with E-state index in [1.165, 1.54) is 6.08 Å². The first-order valence-electron chi connectivity index (χ1n) is 12.7. The molecule has 1 unspecified atom stereocenters. The molecule has 0 radical (unpaired) electrons. The number of anilines is 3. The highest BCUT2D eigenvalue weighted by Gasteiger charge is 2.31. The van der Waals surface area contributed by atoms with Gasteiger partial charge in [-0.05, 0) is 61.1 Å². The molecule has 4 rings (SSSR count). The molecule has 5 N–H and O–H groups in total. The maximum Gasteiger partial charge on any atom is 0.338 e. The molecule has 0 saturated heterocycles. The second-order valence-electron chi connectivity index (χ2n) is 9.32. The third-order valence-corrected chi connectivity index (χ3v) is 6.64. The molecule has 0 bridgehead atoms. The molecule has 1 saturated carbocycles. The Hall–Kier alpha value is -4.80. The van der Waals surface area contributed by atoms with E-state index in [1.807, 2.05) is 37.3 Å². The molecule has 2 aromatic carbocycles. The minimum atomic E-state index is -0.789. The van der Waals surface area contributed by atoms with Crippen molar-refractivity contribution in [3.8, 4) is 0 Å². The van der Waals surface area contributed by atoms with E-state index in [9.17, 15) is 14.4 Å². The number of carbonyl (C=O) groups excluding carboxylic acids is 3. The van der Waals surface area contributed by atoms with Crippen LogP contribution in [-0.4, -0.2) is 45.0 Å². The zero-order chi connectivity index (χ0) is 27.8. The molecular weight excluding hydrogens is 498 g/mol. The summed E-state index contributed by atoms with van der Waals surface area (Å²) in [7, 11) is 0. The van der Waals surface area contributed by atoms with E-state index in [-0.39, 0.29) is 48.0 Å². The molecule has 39 heavy (non-hydrogen) atoms. The van der Waals surface area contributed by atoms with Crippen LogP contribution in [-0.2, 0) is 16.1 Å². The molecular formula is C28H31N7O4. The van der Waals surface area contributed by atoms with Gasteiger partial charge in [0.1, 0.15) is 6.61 Å². The SMILES string of the molecule is C=CC(=O)NC1CCC[C@@H](Nc2nnc(C(N)=O)c(Nc3ccc(C(=O)OCc4ccccc4)cc3)n2)[C@H]1C. The van der Waals surface area contributed by atoms with Crippen LogP contribution >= 0.6 is 0 Å². The molecule has 1 fully saturated rings. The molecule has 1 aliphatic carbocycles. The lowest BCUT2D eigenvalue weighted by molar-refractivity contribution is -0.117. The zero-order valence-electron chi connectivity index (χ0n) is 21.6. The number of primary amides is 1. The largest absolute Gasteiger partial charge is 0.457 e. The van der Waals surface area contributed by atoms with Crippen LogP contribution in [0.3, 0.4) is 0 Å². The van der Waals surface area contributed by atoms with E-state index in [4.69, 9.17) is 10.5 Å². The molecule has 3 aromatic rings. The lowest BCUT2D eigenvalue weighted by Crippen LogP contribution is -2.48. The van der Waals surface area contributed by atoms with Crippen LogP contribution in [0.1, 0.15) is 52.6 Å². The Labute approximate surface area is 226 Å². The smallest absolute Gasteiger partial charge is 0.338 e. The van der Waals surface area contributed by atoms with Crippen LogP contribution in [0.15, 0.2) is 67.3 Å². The summed E-state index contributed by atoms with van der Waals surface area (Å²) in [5, 5.41) is 17.3. The van der Waals surface area contributed by atoms with E-state index < -0.39 is 11.9 Å². The average molecular weight is 530 g/mol. The molecule has 2 amide bonds. The summed E-state index contributed by atoms with van der Waals surface area (Å²) in [6.45, 7) is 5.73. The van der Waals surface area contributed by atoms with E-state index in [1.54, 1.807) is 24.3 Å². The van der Waals surface area contributed by atoms with Gasteiger partial charge in [-0.1, -0.05) is 43.8 Å². The van der Waals surface area contributed by atoms with Crippen molar-refractivity contribution in [2.24, 2.45) is 11.7 Å². The monoisotopic (exact) mass is 529 g/mol. The van der Waals surface area contributed by atoms with Gasteiger partial charge in [0, 0.05) is 17.8 Å². The second kappa shape index (κ2) is 12.6. The van der Waals surface area contributed by atoms with Gasteiger partial charge < -0.3 is 26.4 Å². The minimum Gasteiger partial charge on any atom is -0.457 e. The third kappa shape index (κ3) is 7.16. The first-order chi connectivity index (χ1) is 18.8. The number of nitrogens with two attached hydrogens (primary N) is 1. The topological polar surface area (TPSA) is 161 Å². The van der Waals surface area contributed by atoms with Gasteiger partial charge in [-0.15, -0.1) is 10.2 Å². The molecule has 3 atom stereocenters. The number of benzene rings is 2. The van der Waals surface area contributed by atoms with Crippen molar-refractivity contribution < 1.29 is 19.1 Å². The molecule has 11 nitrogen and oxygen atoms in total. The number of rotatable bonds is 10. The van der Waals surface area contributed by atoms with Gasteiger partial charge in [0.15, 0.2) is 11.5 Å². The summed E-state index contributed by atoms with van der Waals surface area (Å²) >= 11 is 0. The Morgan fingerprint density at radius 1 is 1.05 bits per heavy atom. The fraction of sp³-hybridized carbons (Fsp3) is 0.286. The van der Waals surface area contributed by atoms with Gasteiger partial charge in [0.25, 0.3) is 5.91 Å². The predicted octanol–water partition coefficient (Wildman–Crippen LogP) is 3.34. The van der Waals surface area contributed by atoms with E-state index in [0.717, 1.165) is 24.8 Å². The maximum atomic E-state index is 12.4.